The van der Waals surface area contributed by atoms with Crippen molar-refractivity contribution in [2.45, 2.75) is 19.8 Å². The number of nitrogen functional groups attached to an aromatic ring is 1. The monoisotopic (exact) mass is 176 g/mol. The van der Waals surface area contributed by atoms with Crippen LogP contribution in [0.2, 0.25) is 5.02 Å². The Bertz CT molecular complexity index is 232. The molecule has 0 bridgehead atoms. The number of rotatable bonds is 1. The molecule has 0 aliphatic rings. The predicted octanol–water partition coefficient (Wildman–Crippen LogP) is 2.50. The second-order valence-electron chi connectivity index (χ2n) is 2.40. The van der Waals surface area contributed by atoms with E-state index in [0.29, 0.717) is 16.8 Å². The third-order valence-electron chi connectivity index (χ3n) is 1.21. The molecule has 0 aromatic carbocycles. The molecule has 1 rings (SSSR count). The van der Waals surface area contributed by atoms with Gasteiger partial charge in [0.1, 0.15) is 0 Å². The highest BCUT2D eigenvalue weighted by Crippen LogP contribution is 2.32. The van der Waals surface area contributed by atoms with Gasteiger partial charge in [-0.15, -0.1) is 0 Å². The quantitative estimate of drug-likeness (QED) is 0.714. The molecule has 0 saturated carbocycles. The first-order valence-electron chi connectivity index (χ1n) is 3.03. The molecule has 0 saturated heterocycles. The normalized spacial score (nSPS) is 10.8. The van der Waals surface area contributed by atoms with Crippen LogP contribution in [0, 0.1) is 0 Å². The van der Waals surface area contributed by atoms with Gasteiger partial charge in [-0.2, -0.15) is 4.37 Å². The Kier molecular flexibility index (Phi) is 2.16. The van der Waals surface area contributed by atoms with Crippen LogP contribution >= 0.6 is 23.1 Å². The molecule has 0 amide bonds. The highest BCUT2D eigenvalue weighted by Gasteiger charge is 2.11. The molecule has 0 spiro atoms. The highest BCUT2D eigenvalue weighted by molar-refractivity contribution is 7.06. The molecule has 0 aliphatic heterocycles. The lowest BCUT2D eigenvalue weighted by Gasteiger charge is -1.98. The third kappa shape index (κ3) is 1.25. The average molecular weight is 177 g/mol. The van der Waals surface area contributed by atoms with Gasteiger partial charge in [-0.05, 0) is 17.5 Å². The van der Waals surface area contributed by atoms with Crippen molar-refractivity contribution < 1.29 is 0 Å². The SMILES string of the molecule is CC(C)c1snc(N)c1Cl. The van der Waals surface area contributed by atoms with Crippen LogP contribution in [-0.4, -0.2) is 4.37 Å². The first-order chi connectivity index (χ1) is 4.63. The van der Waals surface area contributed by atoms with Gasteiger partial charge in [-0.3, -0.25) is 0 Å². The van der Waals surface area contributed by atoms with Crippen molar-refractivity contribution in [2.24, 2.45) is 0 Å². The van der Waals surface area contributed by atoms with Crippen molar-refractivity contribution in [3.8, 4) is 0 Å². The summed E-state index contributed by atoms with van der Waals surface area (Å²) in [6.07, 6.45) is 0. The van der Waals surface area contributed by atoms with Crippen LogP contribution in [0.15, 0.2) is 0 Å². The minimum atomic E-state index is 0.419. The van der Waals surface area contributed by atoms with Crippen LogP contribution in [-0.2, 0) is 0 Å². The fraction of sp³-hybridized carbons (Fsp3) is 0.500. The van der Waals surface area contributed by atoms with E-state index < -0.39 is 0 Å². The maximum atomic E-state index is 5.83. The van der Waals surface area contributed by atoms with E-state index >= 15 is 0 Å². The molecule has 0 aliphatic carbocycles. The number of hydrogen-bond acceptors (Lipinski definition) is 3. The number of halogens is 1. The van der Waals surface area contributed by atoms with Gasteiger partial charge in [-0.1, -0.05) is 25.4 Å². The van der Waals surface area contributed by atoms with Gasteiger partial charge < -0.3 is 5.73 Å². The molecule has 1 aromatic heterocycles. The molecule has 0 fully saturated rings. The summed E-state index contributed by atoms with van der Waals surface area (Å²) in [6.45, 7) is 4.14. The minimum Gasteiger partial charge on any atom is -0.382 e. The van der Waals surface area contributed by atoms with Crippen LogP contribution < -0.4 is 5.73 Å². The minimum absolute atomic E-state index is 0.419. The lowest BCUT2D eigenvalue weighted by Crippen LogP contribution is -1.85. The van der Waals surface area contributed by atoms with Gasteiger partial charge in [0.25, 0.3) is 0 Å². The lowest BCUT2D eigenvalue weighted by atomic mass is 10.2. The van der Waals surface area contributed by atoms with E-state index in [-0.39, 0.29) is 0 Å². The zero-order chi connectivity index (χ0) is 7.72. The van der Waals surface area contributed by atoms with Gasteiger partial charge in [0, 0.05) is 4.88 Å². The van der Waals surface area contributed by atoms with Crippen LogP contribution in [0.4, 0.5) is 5.82 Å². The average Bonchev–Trinajstić information content (AvgIpc) is 2.14. The third-order valence-corrected chi connectivity index (χ3v) is 2.88. The van der Waals surface area contributed by atoms with Crippen molar-refractivity contribution in [1.82, 2.24) is 4.37 Å². The molecule has 4 heteroatoms. The summed E-state index contributed by atoms with van der Waals surface area (Å²) < 4.78 is 3.92. The summed E-state index contributed by atoms with van der Waals surface area (Å²) in [4.78, 5) is 1.07. The molecule has 2 nitrogen and oxygen atoms in total. The van der Waals surface area contributed by atoms with E-state index in [4.69, 9.17) is 17.3 Å². The molecule has 0 radical (unpaired) electrons. The van der Waals surface area contributed by atoms with Crippen molar-refractivity contribution in [2.75, 3.05) is 5.73 Å². The first kappa shape index (κ1) is 7.82. The fourth-order valence-electron chi connectivity index (χ4n) is 0.664. The Hall–Kier alpha value is -0.280. The van der Waals surface area contributed by atoms with E-state index in [1.807, 2.05) is 0 Å². The molecular formula is C6H9ClN2S. The van der Waals surface area contributed by atoms with Crippen LogP contribution in [0.25, 0.3) is 0 Å². The molecule has 0 unspecified atom stereocenters. The first-order valence-corrected chi connectivity index (χ1v) is 4.18. The zero-order valence-electron chi connectivity index (χ0n) is 5.89. The summed E-state index contributed by atoms with van der Waals surface area (Å²) in [5.41, 5.74) is 5.45. The molecular weight excluding hydrogens is 168 g/mol. The van der Waals surface area contributed by atoms with Gasteiger partial charge >= 0.3 is 0 Å². The summed E-state index contributed by atoms with van der Waals surface area (Å²) in [6, 6.07) is 0. The number of aromatic nitrogens is 1. The molecule has 2 N–H and O–H groups in total. The maximum absolute atomic E-state index is 5.83. The topological polar surface area (TPSA) is 38.9 Å². The van der Waals surface area contributed by atoms with E-state index in [1.54, 1.807) is 0 Å². The predicted molar refractivity (Wildman–Crippen MR) is 45.6 cm³/mol. The van der Waals surface area contributed by atoms with Crippen LogP contribution in [0.1, 0.15) is 24.6 Å². The van der Waals surface area contributed by atoms with Crippen molar-refractivity contribution in [1.29, 1.82) is 0 Å². The summed E-state index contributed by atoms with van der Waals surface area (Å²) in [7, 11) is 0. The van der Waals surface area contributed by atoms with Gasteiger partial charge in [0.05, 0.1) is 5.02 Å². The van der Waals surface area contributed by atoms with Gasteiger partial charge in [-0.25, -0.2) is 0 Å². The molecule has 1 aromatic rings. The smallest absolute Gasteiger partial charge is 0.156 e. The second kappa shape index (κ2) is 2.76. The second-order valence-corrected chi connectivity index (χ2v) is 3.58. The standard InChI is InChI=1S/C6H9ClN2S/c1-3(2)5-4(7)6(8)9-10-5/h3H,1-2H3,(H2,8,9). The number of nitrogens with zero attached hydrogens (tertiary/aromatic N) is 1. The number of nitrogens with two attached hydrogens (primary N) is 1. The zero-order valence-corrected chi connectivity index (χ0v) is 7.46. The summed E-state index contributed by atoms with van der Waals surface area (Å²) in [5, 5.41) is 0.625. The Morgan fingerprint density at radius 3 is 2.40 bits per heavy atom. The summed E-state index contributed by atoms with van der Waals surface area (Å²) in [5.74, 6) is 0.873. The van der Waals surface area contributed by atoms with Gasteiger partial charge in [0.2, 0.25) is 0 Å². The van der Waals surface area contributed by atoms with Crippen LogP contribution in [0.3, 0.4) is 0 Å². The molecule has 1 heterocycles. The van der Waals surface area contributed by atoms with E-state index in [1.165, 1.54) is 11.5 Å². The van der Waals surface area contributed by atoms with Crippen molar-refractivity contribution in [3.05, 3.63) is 9.90 Å². The lowest BCUT2D eigenvalue weighted by molar-refractivity contribution is 0.890. The maximum Gasteiger partial charge on any atom is 0.156 e. The Morgan fingerprint density at radius 2 is 2.20 bits per heavy atom. The van der Waals surface area contributed by atoms with E-state index in [2.05, 4.69) is 18.2 Å². The van der Waals surface area contributed by atoms with Crippen molar-refractivity contribution in [3.63, 3.8) is 0 Å². The highest BCUT2D eigenvalue weighted by atomic mass is 35.5. The number of anilines is 1. The Morgan fingerprint density at radius 1 is 1.60 bits per heavy atom. The molecule has 0 atom stereocenters. The van der Waals surface area contributed by atoms with Crippen LogP contribution in [0.5, 0.6) is 0 Å². The Labute approximate surface area is 69.2 Å². The molecule has 56 valence electrons. The number of hydrogen-bond donors (Lipinski definition) is 1. The van der Waals surface area contributed by atoms with Crippen molar-refractivity contribution >= 4 is 29.0 Å². The Balaban J connectivity index is 3.05. The summed E-state index contributed by atoms with van der Waals surface area (Å²) >= 11 is 7.20. The van der Waals surface area contributed by atoms with E-state index in [0.717, 1.165) is 4.88 Å². The van der Waals surface area contributed by atoms with Gasteiger partial charge in [0.15, 0.2) is 5.82 Å². The largest absolute Gasteiger partial charge is 0.382 e. The fourth-order valence-corrected chi connectivity index (χ4v) is 1.76. The molecule has 10 heavy (non-hydrogen) atoms. The van der Waals surface area contributed by atoms with E-state index in [9.17, 15) is 0 Å².